The number of hydrogen-bond acceptors (Lipinski definition) is 4. The molecule has 0 aliphatic carbocycles. The first kappa shape index (κ1) is 13.6. The number of carbonyl (C=O) groups is 1. The fourth-order valence-corrected chi connectivity index (χ4v) is 2.58. The Hall–Kier alpha value is -2.37. The monoisotopic (exact) mass is 286 g/mol. The van der Waals surface area contributed by atoms with E-state index in [2.05, 4.69) is 14.5 Å². The van der Waals surface area contributed by atoms with E-state index in [4.69, 9.17) is 4.74 Å². The van der Waals surface area contributed by atoms with E-state index in [9.17, 15) is 4.79 Å². The summed E-state index contributed by atoms with van der Waals surface area (Å²) in [6, 6.07) is 3.89. The molecule has 1 aliphatic rings. The molecule has 0 radical (unpaired) electrons. The molecule has 6 nitrogen and oxygen atoms in total. The summed E-state index contributed by atoms with van der Waals surface area (Å²) in [7, 11) is 0. The molecule has 0 N–H and O–H groups in total. The lowest BCUT2D eigenvalue weighted by Gasteiger charge is -2.33. The number of aromatic nitrogens is 3. The summed E-state index contributed by atoms with van der Waals surface area (Å²) in [6.45, 7) is 1.56. The average Bonchev–Trinajstić information content (AvgIpc) is 3.08. The lowest BCUT2D eigenvalue weighted by molar-refractivity contribution is -0.135. The minimum atomic E-state index is 0.0173. The van der Waals surface area contributed by atoms with Gasteiger partial charge in [0.1, 0.15) is 5.75 Å². The molecule has 3 rings (SSSR count). The second kappa shape index (κ2) is 6.39. The van der Waals surface area contributed by atoms with E-state index in [0.717, 1.165) is 19.4 Å². The number of likely N-dealkylation sites (tertiary alicyclic amines) is 1. The van der Waals surface area contributed by atoms with Crippen LogP contribution in [0, 0.1) is 0 Å². The van der Waals surface area contributed by atoms with Crippen LogP contribution in [-0.4, -0.2) is 45.0 Å². The summed E-state index contributed by atoms with van der Waals surface area (Å²) in [5.74, 6) is 0.637. The van der Waals surface area contributed by atoms with Crippen LogP contribution in [0.25, 0.3) is 0 Å². The van der Waals surface area contributed by atoms with Crippen molar-refractivity contribution in [1.29, 1.82) is 0 Å². The molecule has 2 aromatic rings. The first-order chi connectivity index (χ1) is 10.3. The quantitative estimate of drug-likeness (QED) is 0.855. The van der Waals surface area contributed by atoms with Gasteiger partial charge in [-0.2, -0.15) is 0 Å². The summed E-state index contributed by atoms with van der Waals surface area (Å²) in [5, 5.41) is 0. The maximum absolute atomic E-state index is 12.2. The zero-order chi connectivity index (χ0) is 14.5. The second-order valence-electron chi connectivity index (χ2n) is 5.12. The molecule has 1 fully saturated rings. The van der Waals surface area contributed by atoms with E-state index in [-0.39, 0.29) is 12.5 Å². The third-order valence-corrected chi connectivity index (χ3v) is 3.69. The molecule has 110 valence electrons. The summed E-state index contributed by atoms with van der Waals surface area (Å²) in [5.41, 5.74) is 0. The molecule has 1 amide bonds. The number of amides is 1. The Morgan fingerprint density at radius 3 is 3.10 bits per heavy atom. The molecule has 21 heavy (non-hydrogen) atoms. The Kier molecular flexibility index (Phi) is 4.14. The van der Waals surface area contributed by atoms with Crippen LogP contribution in [0.5, 0.6) is 5.75 Å². The van der Waals surface area contributed by atoms with Crippen molar-refractivity contribution in [3.05, 3.63) is 43.2 Å². The van der Waals surface area contributed by atoms with Crippen LogP contribution in [0.15, 0.2) is 43.2 Å². The van der Waals surface area contributed by atoms with E-state index < -0.39 is 0 Å². The number of hydrogen-bond donors (Lipinski definition) is 0. The van der Waals surface area contributed by atoms with Crippen LogP contribution >= 0.6 is 0 Å². The van der Waals surface area contributed by atoms with Gasteiger partial charge in [0.2, 0.25) is 0 Å². The smallest absolute Gasteiger partial charge is 0.260 e. The van der Waals surface area contributed by atoms with Crippen molar-refractivity contribution in [3.63, 3.8) is 0 Å². The van der Waals surface area contributed by atoms with Crippen molar-refractivity contribution in [2.24, 2.45) is 0 Å². The molecule has 6 heteroatoms. The van der Waals surface area contributed by atoms with E-state index in [0.29, 0.717) is 18.3 Å². The van der Waals surface area contributed by atoms with Gasteiger partial charge in [-0.1, -0.05) is 0 Å². The zero-order valence-electron chi connectivity index (χ0n) is 11.8. The predicted molar refractivity (Wildman–Crippen MR) is 76.8 cm³/mol. The van der Waals surface area contributed by atoms with Crippen LogP contribution in [0.1, 0.15) is 18.9 Å². The van der Waals surface area contributed by atoms with E-state index >= 15 is 0 Å². The highest BCUT2D eigenvalue weighted by Crippen LogP contribution is 2.21. The van der Waals surface area contributed by atoms with Gasteiger partial charge < -0.3 is 14.2 Å². The van der Waals surface area contributed by atoms with Gasteiger partial charge in [0.05, 0.1) is 18.6 Å². The Balaban J connectivity index is 1.55. The summed E-state index contributed by atoms with van der Waals surface area (Å²) in [4.78, 5) is 22.1. The maximum atomic E-state index is 12.2. The van der Waals surface area contributed by atoms with Crippen LogP contribution in [0.3, 0.4) is 0 Å². The molecule has 1 atom stereocenters. The fourth-order valence-electron chi connectivity index (χ4n) is 2.58. The highest BCUT2D eigenvalue weighted by atomic mass is 16.5. The third kappa shape index (κ3) is 3.39. The summed E-state index contributed by atoms with van der Waals surface area (Å²) >= 11 is 0. The lowest BCUT2D eigenvalue weighted by atomic mass is 10.1. The number of pyridine rings is 1. The SMILES string of the molecule is O=C(COc1cccnc1)N1CCC[C@H](n2ccnc2)C1. The zero-order valence-corrected chi connectivity index (χ0v) is 11.8. The van der Waals surface area contributed by atoms with E-state index in [1.165, 1.54) is 0 Å². The highest BCUT2D eigenvalue weighted by Gasteiger charge is 2.24. The van der Waals surface area contributed by atoms with Crippen molar-refractivity contribution in [3.8, 4) is 5.75 Å². The number of imidazole rings is 1. The van der Waals surface area contributed by atoms with Crippen molar-refractivity contribution < 1.29 is 9.53 Å². The largest absolute Gasteiger partial charge is 0.482 e. The molecule has 1 aliphatic heterocycles. The first-order valence-corrected chi connectivity index (χ1v) is 7.11. The minimum Gasteiger partial charge on any atom is -0.482 e. The van der Waals surface area contributed by atoms with Gasteiger partial charge in [0, 0.05) is 31.7 Å². The van der Waals surface area contributed by atoms with Crippen molar-refractivity contribution in [2.45, 2.75) is 18.9 Å². The predicted octanol–water partition coefficient (Wildman–Crippen LogP) is 1.52. The van der Waals surface area contributed by atoms with Gasteiger partial charge in [0.25, 0.3) is 5.91 Å². The summed E-state index contributed by atoms with van der Waals surface area (Å²) in [6.07, 6.45) is 10.9. The van der Waals surface area contributed by atoms with E-state index in [1.54, 1.807) is 30.7 Å². The van der Waals surface area contributed by atoms with Crippen LogP contribution < -0.4 is 4.74 Å². The second-order valence-corrected chi connectivity index (χ2v) is 5.12. The van der Waals surface area contributed by atoms with E-state index in [1.807, 2.05) is 17.4 Å². The number of piperidine rings is 1. The molecule has 0 unspecified atom stereocenters. The molecular weight excluding hydrogens is 268 g/mol. The molecule has 0 saturated carbocycles. The van der Waals surface area contributed by atoms with Crippen molar-refractivity contribution in [1.82, 2.24) is 19.4 Å². The number of ether oxygens (including phenoxy) is 1. The standard InChI is InChI=1S/C15H18N4O2/c20-15(11-21-14-4-1-5-16-9-14)18-7-2-3-13(10-18)19-8-6-17-12-19/h1,4-6,8-9,12-13H,2-3,7,10-11H2/t13-/m0/s1. The van der Waals surface area contributed by atoms with Crippen molar-refractivity contribution >= 4 is 5.91 Å². The Morgan fingerprint density at radius 1 is 1.38 bits per heavy atom. The van der Waals surface area contributed by atoms with Crippen molar-refractivity contribution in [2.75, 3.05) is 19.7 Å². The van der Waals surface area contributed by atoms with Gasteiger partial charge in [-0.15, -0.1) is 0 Å². The highest BCUT2D eigenvalue weighted by molar-refractivity contribution is 5.77. The Bertz CT molecular complexity index is 571. The van der Waals surface area contributed by atoms with Gasteiger partial charge in [0.15, 0.2) is 6.61 Å². The Labute approximate surface area is 123 Å². The molecule has 0 aromatic carbocycles. The fraction of sp³-hybridized carbons (Fsp3) is 0.400. The van der Waals surface area contributed by atoms with Crippen LogP contribution in [0.4, 0.5) is 0 Å². The molecule has 0 bridgehead atoms. The Morgan fingerprint density at radius 2 is 2.33 bits per heavy atom. The van der Waals surface area contributed by atoms with Gasteiger partial charge in [-0.05, 0) is 25.0 Å². The normalized spacial score (nSPS) is 18.5. The molecular formula is C15H18N4O2. The lowest BCUT2D eigenvalue weighted by Crippen LogP contribution is -2.42. The average molecular weight is 286 g/mol. The van der Waals surface area contributed by atoms with Gasteiger partial charge in [-0.25, -0.2) is 4.98 Å². The third-order valence-electron chi connectivity index (χ3n) is 3.69. The molecule has 2 aromatic heterocycles. The molecule has 3 heterocycles. The number of carbonyl (C=O) groups excluding carboxylic acids is 1. The molecule has 1 saturated heterocycles. The first-order valence-electron chi connectivity index (χ1n) is 7.11. The maximum Gasteiger partial charge on any atom is 0.260 e. The molecule has 0 spiro atoms. The minimum absolute atomic E-state index is 0.0173. The summed E-state index contributed by atoms with van der Waals surface area (Å²) < 4.78 is 7.54. The van der Waals surface area contributed by atoms with Gasteiger partial charge >= 0.3 is 0 Å². The number of nitrogens with zero attached hydrogens (tertiary/aromatic N) is 4. The van der Waals surface area contributed by atoms with Crippen LogP contribution in [-0.2, 0) is 4.79 Å². The van der Waals surface area contributed by atoms with Gasteiger partial charge in [-0.3, -0.25) is 9.78 Å². The topological polar surface area (TPSA) is 60.2 Å². The van der Waals surface area contributed by atoms with Crippen LogP contribution in [0.2, 0.25) is 0 Å². The number of rotatable bonds is 4.